The lowest BCUT2D eigenvalue weighted by Gasteiger charge is -2.19. The van der Waals surface area contributed by atoms with Gasteiger partial charge in [0.1, 0.15) is 33.0 Å². The molecule has 0 saturated heterocycles. The summed E-state index contributed by atoms with van der Waals surface area (Å²) in [6, 6.07) is 0. The predicted octanol–water partition coefficient (Wildman–Crippen LogP) is 12.5. The average molecular weight is 872 g/mol. The van der Waals surface area contributed by atoms with Gasteiger partial charge in [-0.05, 0) is 70.9 Å². The normalized spacial score (nSPS) is 11.7. The van der Waals surface area contributed by atoms with Gasteiger partial charge in [-0.2, -0.15) is 0 Å². The highest BCUT2D eigenvalue weighted by atomic mass is 16.7. The maximum Gasteiger partial charge on any atom is 0.508 e. The topological polar surface area (TPSA) is 110 Å². The van der Waals surface area contributed by atoms with E-state index < -0.39 is 24.3 Å². The number of unbranched alkanes of at least 4 members (excludes halogenated alkanes) is 16. The summed E-state index contributed by atoms with van der Waals surface area (Å²) >= 11 is 0. The Morgan fingerprint density at radius 3 is 1.60 bits per heavy atom. The molecule has 0 aromatic heterocycles. The van der Waals surface area contributed by atoms with E-state index in [-0.39, 0.29) is 58.5 Å². The van der Waals surface area contributed by atoms with Gasteiger partial charge in [-0.3, -0.25) is 9.59 Å². The Bertz CT molecular complexity index is 1210. The Morgan fingerprint density at radius 2 is 1.02 bits per heavy atom. The Kier molecular flexibility index (Phi) is 44.7. The lowest BCUT2D eigenvalue weighted by Crippen LogP contribution is -2.27. The van der Waals surface area contributed by atoms with E-state index >= 15 is 0 Å². The van der Waals surface area contributed by atoms with Gasteiger partial charge in [-0.25, -0.2) is 4.79 Å². The maximum atomic E-state index is 12.9. The zero-order valence-corrected chi connectivity index (χ0v) is 40.1. The van der Waals surface area contributed by atoms with E-state index in [9.17, 15) is 14.4 Å². The molecular weight excluding hydrogens is 783 g/mol. The third-order valence-electron chi connectivity index (χ3n) is 10.3. The molecule has 0 amide bonds. The fourth-order valence-electron chi connectivity index (χ4n) is 6.28. The van der Waals surface area contributed by atoms with Gasteiger partial charge >= 0.3 is 18.1 Å². The van der Waals surface area contributed by atoms with Crippen LogP contribution < -0.4 is 0 Å². The first-order valence-electron chi connectivity index (χ1n) is 24.7. The van der Waals surface area contributed by atoms with Crippen LogP contribution in [-0.2, 0) is 38.0 Å². The molecule has 0 radical (unpaired) electrons. The predicted molar refractivity (Wildman–Crippen MR) is 252 cm³/mol. The third kappa shape index (κ3) is 42.0. The number of hydrogen-bond acceptors (Lipinski definition) is 10. The van der Waals surface area contributed by atoms with E-state index in [0.717, 1.165) is 90.3 Å². The van der Waals surface area contributed by atoms with Gasteiger partial charge in [-0.1, -0.05) is 141 Å². The van der Waals surface area contributed by atoms with E-state index in [1.165, 1.54) is 64.2 Å². The second kappa shape index (κ2) is 47.2. The zero-order chi connectivity index (χ0) is 45.4. The zero-order valence-electron chi connectivity index (χ0n) is 40.1. The summed E-state index contributed by atoms with van der Waals surface area (Å²) < 4.78 is 33.6. The number of carbonyl (C=O) groups is 3. The number of rotatable bonds is 41. The molecule has 0 spiro atoms. The summed E-state index contributed by atoms with van der Waals surface area (Å²) in [5, 5.41) is 0. The summed E-state index contributed by atoms with van der Waals surface area (Å²) in [4.78, 5) is 40.2. The minimum absolute atomic E-state index is 0.0360. The van der Waals surface area contributed by atoms with Crippen molar-refractivity contribution in [2.45, 2.75) is 201 Å². The molecule has 0 aliphatic rings. The van der Waals surface area contributed by atoms with Gasteiger partial charge in [0.15, 0.2) is 6.29 Å². The van der Waals surface area contributed by atoms with Crippen LogP contribution in [0.5, 0.6) is 0 Å². The number of hydrogen-bond donors (Lipinski definition) is 0. The van der Waals surface area contributed by atoms with Crippen molar-refractivity contribution in [2.75, 3.05) is 59.3 Å². The summed E-state index contributed by atoms with van der Waals surface area (Å²) in [6.07, 6.45) is 31.9. The van der Waals surface area contributed by atoms with E-state index in [1.54, 1.807) is 0 Å². The van der Waals surface area contributed by atoms with Crippen LogP contribution in [0.4, 0.5) is 4.79 Å². The van der Waals surface area contributed by atoms with Gasteiger partial charge in [0.2, 0.25) is 0 Å². The highest BCUT2D eigenvalue weighted by Gasteiger charge is 2.20. The Labute approximate surface area is 379 Å². The van der Waals surface area contributed by atoms with Crippen molar-refractivity contribution in [1.82, 2.24) is 4.90 Å². The number of esters is 2. The summed E-state index contributed by atoms with van der Waals surface area (Å²) in [5.74, 6) is 11.1. The van der Waals surface area contributed by atoms with Gasteiger partial charge < -0.3 is 33.3 Å². The van der Waals surface area contributed by atoms with E-state index in [4.69, 9.17) is 28.4 Å². The average Bonchev–Trinajstić information content (AvgIpc) is 3.28. The standard InChI is InChI=1S/C52H89NO9/c1-6-11-14-17-20-21-22-23-24-25-26-27-28-31-34-38-49(54)60-45-48(47-62-52(56)59-44-37-41-53(9-4)10-5)46-61-50(55)39-40-51(57-42-35-32-29-18-15-12-7-2)58-43-36-33-30-19-16-13-8-3/h20-21,23-24,48,51H,6-19,22,25-31,34,37-47H2,1-5H3/b21-20-,24-23-. The van der Waals surface area contributed by atoms with Gasteiger partial charge in [0.25, 0.3) is 0 Å². The van der Waals surface area contributed by atoms with Crippen molar-refractivity contribution >= 4 is 18.1 Å². The first-order valence-corrected chi connectivity index (χ1v) is 24.7. The monoisotopic (exact) mass is 872 g/mol. The minimum atomic E-state index is -0.803. The van der Waals surface area contributed by atoms with Crippen LogP contribution in [0.2, 0.25) is 0 Å². The molecule has 0 aliphatic carbocycles. The molecule has 1 atom stereocenters. The molecule has 356 valence electrons. The van der Waals surface area contributed by atoms with Gasteiger partial charge in [0, 0.05) is 32.2 Å². The first-order chi connectivity index (χ1) is 30.4. The molecule has 0 rings (SSSR count). The van der Waals surface area contributed by atoms with Crippen molar-refractivity contribution in [2.24, 2.45) is 5.92 Å². The molecule has 0 aromatic carbocycles. The van der Waals surface area contributed by atoms with Crippen LogP contribution in [-0.4, -0.2) is 88.6 Å². The minimum Gasteiger partial charge on any atom is -0.465 e. The number of allylic oxidation sites excluding steroid dienone is 4. The number of ether oxygens (including phenoxy) is 6. The highest BCUT2D eigenvalue weighted by Crippen LogP contribution is 2.12. The number of carbonyl (C=O) groups excluding carboxylic acids is 3. The molecule has 0 aliphatic heterocycles. The highest BCUT2D eigenvalue weighted by molar-refractivity contribution is 5.69. The van der Waals surface area contributed by atoms with E-state index in [2.05, 4.69) is 87.5 Å². The van der Waals surface area contributed by atoms with Crippen LogP contribution in [0.3, 0.4) is 0 Å². The van der Waals surface area contributed by atoms with E-state index in [1.807, 2.05) is 0 Å². The fraction of sp³-hybridized carbons (Fsp3) is 0.788. The first kappa shape index (κ1) is 58.7. The van der Waals surface area contributed by atoms with Crippen molar-refractivity contribution in [3.63, 3.8) is 0 Å². The van der Waals surface area contributed by atoms with Crippen molar-refractivity contribution in [3.8, 4) is 23.7 Å². The van der Waals surface area contributed by atoms with Crippen LogP contribution in [0.15, 0.2) is 24.3 Å². The van der Waals surface area contributed by atoms with Crippen LogP contribution in [0.1, 0.15) is 195 Å². The van der Waals surface area contributed by atoms with Crippen LogP contribution in [0.25, 0.3) is 0 Å². The molecule has 1 unspecified atom stereocenters. The lowest BCUT2D eigenvalue weighted by atomic mass is 10.1. The molecule has 0 heterocycles. The van der Waals surface area contributed by atoms with Gasteiger partial charge in [-0.15, -0.1) is 11.8 Å². The largest absolute Gasteiger partial charge is 0.508 e. The molecule has 0 aromatic rings. The third-order valence-corrected chi connectivity index (χ3v) is 10.3. The van der Waals surface area contributed by atoms with Crippen molar-refractivity contribution in [3.05, 3.63) is 24.3 Å². The van der Waals surface area contributed by atoms with E-state index in [0.29, 0.717) is 12.8 Å². The molecule has 0 bridgehead atoms. The fourth-order valence-corrected chi connectivity index (χ4v) is 6.28. The summed E-state index contributed by atoms with van der Waals surface area (Å²) in [7, 11) is 0. The van der Waals surface area contributed by atoms with Crippen molar-refractivity contribution in [1.29, 1.82) is 0 Å². The Morgan fingerprint density at radius 1 is 0.516 bits per heavy atom. The smallest absolute Gasteiger partial charge is 0.465 e. The molecule has 62 heavy (non-hydrogen) atoms. The summed E-state index contributed by atoms with van der Waals surface area (Å²) in [5.41, 5.74) is 0. The molecule has 0 N–H and O–H groups in total. The van der Waals surface area contributed by atoms with Crippen molar-refractivity contribution < 1.29 is 42.8 Å². The second-order valence-electron chi connectivity index (χ2n) is 15.9. The molecule has 0 saturated carbocycles. The molecule has 10 heteroatoms. The SMILES string of the molecule is CCCCC/C=C\C/C=C\CCCCCCCC(=O)OCC(COC(=O)CCC(OCC#CCCCCCC)OCC#CCCCCCC)COC(=O)OCCCN(CC)CC. The Balaban J connectivity index is 4.97. The van der Waals surface area contributed by atoms with Crippen LogP contribution >= 0.6 is 0 Å². The van der Waals surface area contributed by atoms with Crippen LogP contribution in [0, 0.1) is 29.6 Å². The molecule has 10 nitrogen and oxygen atoms in total. The second-order valence-corrected chi connectivity index (χ2v) is 15.9. The quantitative estimate of drug-likeness (QED) is 0.0147. The number of nitrogens with zero attached hydrogens (tertiary/aromatic N) is 1. The van der Waals surface area contributed by atoms with Gasteiger partial charge in [0.05, 0.1) is 18.9 Å². The molecular formula is C52H89NO9. The molecule has 0 fully saturated rings. The summed E-state index contributed by atoms with van der Waals surface area (Å²) in [6.45, 7) is 13.8. The maximum absolute atomic E-state index is 12.9. The Hall–Kier alpha value is -3.31. The lowest BCUT2D eigenvalue weighted by molar-refractivity contribution is -0.155.